The fourth-order valence-corrected chi connectivity index (χ4v) is 3.80. The third-order valence-corrected chi connectivity index (χ3v) is 5.42. The SMILES string of the molecule is CCOc1n[nH]c2cc(NC(=O)NC(c3ccccc3)C3(O)CCC3)nc(CO)c12. The number of pyridine rings is 1. The molecule has 0 spiro atoms. The van der Waals surface area contributed by atoms with Gasteiger partial charge < -0.3 is 20.3 Å². The number of nitrogens with one attached hydrogen (secondary N) is 3. The number of benzene rings is 1. The molecular formula is C21H25N5O4. The number of aliphatic hydroxyl groups is 2. The van der Waals surface area contributed by atoms with Crippen molar-refractivity contribution in [3.05, 3.63) is 47.7 Å². The molecule has 1 aliphatic carbocycles. The number of anilines is 1. The lowest BCUT2D eigenvalue weighted by Crippen LogP contribution is -2.51. The number of aliphatic hydroxyl groups excluding tert-OH is 1. The predicted molar refractivity (Wildman–Crippen MR) is 111 cm³/mol. The zero-order chi connectivity index (χ0) is 21.1. The lowest BCUT2D eigenvalue weighted by molar-refractivity contribution is -0.0627. The van der Waals surface area contributed by atoms with E-state index in [4.69, 9.17) is 4.74 Å². The highest BCUT2D eigenvalue weighted by Gasteiger charge is 2.43. The largest absolute Gasteiger partial charge is 0.476 e. The van der Waals surface area contributed by atoms with Crippen molar-refractivity contribution in [1.29, 1.82) is 0 Å². The minimum absolute atomic E-state index is 0.253. The van der Waals surface area contributed by atoms with Crippen molar-refractivity contribution >= 4 is 22.8 Å². The van der Waals surface area contributed by atoms with Crippen LogP contribution in [-0.2, 0) is 6.61 Å². The fourth-order valence-electron chi connectivity index (χ4n) is 3.80. The van der Waals surface area contributed by atoms with Gasteiger partial charge in [0.2, 0.25) is 5.88 Å². The molecule has 2 aromatic heterocycles. The van der Waals surface area contributed by atoms with Gasteiger partial charge in [0.05, 0.1) is 41.5 Å². The van der Waals surface area contributed by atoms with E-state index in [2.05, 4.69) is 25.8 Å². The minimum Gasteiger partial charge on any atom is -0.476 e. The lowest BCUT2D eigenvalue weighted by atomic mass is 9.72. The van der Waals surface area contributed by atoms with Gasteiger partial charge in [0, 0.05) is 6.07 Å². The Labute approximate surface area is 173 Å². The first-order valence-corrected chi connectivity index (χ1v) is 10.0. The first kappa shape index (κ1) is 20.1. The van der Waals surface area contributed by atoms with E-state index >= 15 is 0 Å². The summed E-state index contributed by atoms with van der Waals surface area (Å²) in [6, 6.07) is 10.0. The van der Waals surface area contributed by atoms with Gasteiger partial charge in [0.15, 0.2) is 0 Å². The second kappa shape index (κ2) is 8.29. The zero-order valence-corrected chi connectivity index (χ0v) is 16.7. The predicted octanol–water partition coefficient (Wildman–Crippen LogP) is 2.63. The van der Waals surface area contributed by atoms with Crippen molar-refractivity contribution in [2.75, 3.05) is 11.9 Å². The van der Waals surface area contributed by atoms with Gasteiger partial charge in [0.1, 0.15) is 5.82 Å². The number of carbonyl (C=O) groups is 1. The summed E-state index contributed by atoms with van der Waals surface area (Å²) in [5, 5.41) is 33.7. The van der Waals surface area contributed by atoms with Crippen molar-refractivity contribution in [3.8, 4) is 5.88 Å². The van der Waals surface area contributed by atoms with Crippen LogP contribution in [0.15, 0.2) is 36.4 Å². The number of carbonyl (C=O) groups excluding carboxylic acids is 1. The maximum absolute atomic E-state index is 12.7. The Hall–Kier alpha value is -3.17. The monoisotopic (exact) mass is 411 g/mol. The summed E-state index contributed by atoms with van der Waals surface area (Å²) >= 11 is 0. The van der Waals surface area contributed by atoms with Crippen molar-refractivity contribution in [2.45, 2.75) is 44.4 Å². The zero-order valence-electron chi connectivity index (χ0n) is 16.7. The highest BCUT2D eigenvalue weighted by molar-refractivity contribution is 5.93. The van der Waals surface area contributed by atoms with E-state index in [-0.39, 0.29) is 12.4 Å². The first-order valence-electron chi connectivity index (χ1n) is 10.0. The van der Waals surface area contributed by atoms with Crippen LogP contribution in [0.5, 0.6) is 5.88 Å². The van der Waals surface area contributed by atoms with Crippen LogP contribution in [0.2, 0.25) is 0 Å². The quantitative estimate of drug-likeness (QED) is 0.406. The minimum atomic E-state index is -0.970. The Kier molecular flexibility index (Phi) is 5.56. The molecule has 158 valence electrons. The molecule has 0 saturated heterocycles. The molecule has 4 rings (SSSR count). The third kappa shape index (κ3) is 3.81. The van der Waals surface area contributed by atoms with Crippen LogP contribution >= 0.6 is 0 Å². The normalized spacial score (nSPS) is 16.0. The number of nitrogens with zero attached hydrogens (tertiary/aromatic N) is 2. The molecule has 1 aromatic carbocycles. The smallest absolute Gasteiger partial charge is 0.320 e. The summed E-state index contributed by atoms with van der Waals surface area (Å²) < 4.78 is 5.46. The molecular weight excluding hydrogens is 386 g/mol. The molecule has 5 N–H and O–H groups in total. The molecule has 1 aliphatic rings. The number of aromatic nitrogens is 3. The van der Waals surface area contributed by atoms with E-state index < -0.39 is 17.7 Å². The molecule has 3 aromatic rings. The molecule has 1 fully saturated rings. The number of hydrogen-bond acceptors (Lipinski definition) is 6. The van der Waals surface area contributed by atoms with Gasteiger partial charge in [-0.25, -0.2) is 9.78 Å². The van der Waals surface area contributed by atoms with E-state index in [1.54, 1.807) is 6.07 Å². The second-order valence-corrected chi connectivity index (χ2v) is 7.40. The molecule has 9 heteroatoms. The number of rotatable bonds is 7. The molecule has 2 amide bonds. The average Bonchev–Trinajstić information content (AvgIpc) is 3.13. The van der Waals surface area contributed by atoms with E-state index in [0.29, 0.717) is 41.9 Å². The van der Waals surface area contributed by atoms with Crippen LogP contribution < -0.4 is 15.4 Å². The Morgan fingerprint density at radius 3 is 2.73 bits per heavy atom. The number of aromatic amines is 1. The molecule has 0 bridgehead atoms. The third-order valence-electron chi connectivity index (χ3n) is 5.42. The number of H-pyrrole nitrogens is 1. The Morgan fingerprint density at radius 1 is 1.33 bits per heavy atom. The molecule has 0 aliphatic heterocycles. The summed E-state index contributed by atoms with van der Waals surface area (Å²) in [7, 11) is 0. The highest BCUT2D eigenvalue weighted by atomic mass is 16.5. The first-order chi connectivity index (χ1) is 14.5. The molecule has 1 saturated carbocycles. The van der Waals surface area contributed by atoms with Crippen LogP contribution in [-0.4, -0.2) is 43.6 Å². The van der Waals surface area contributed by atoms with E-state index in [1.807, 2.05) is 37.3 Å². The Morgan fingerprint density at radius 2 is 2.10 bits per heavy atom. The summed E-state index contributed by atoms with van der Waals surface area (Å²) in [5.41, 5.74) is 0.800. The highest BCUT2D eigenvalue weighted by Crippen LogP contribution is 2.42. The van der Waals surface area contributed by atoms with Crippen molar-refractivity contribution < 1.29 is 19.7 Å². The van der Waals surface area contributed by atoms with Gasteiger partial charge in [-0.2, -0.15) is 0 Å². The topological polar surface area (TPSA) is 132 Å². The molecule has 1 unspecified atom stereocenters. The van der Waals surface area contributed by atoms with Crippen LogP contribution in [0.4, 0.5) is 10.6 Å². The van der Waals surface area contributed by atoms with Crippen LogP contribution in [0.3, 0.4) is 0 Å². The summed E-state index contributed by atoms with van der Waals surface area (Å²) in [4.78, 5) is 17.1. The van der Waals surface area contributed by atoms with Gasteiger partial charge in [-0.3, -0.25) is 10.4 Å². The van der Waals surface area contributed by atoms with Crippen molar-refractivity contribution in [1.82, 2.24) is 20.5 Å². The lowest BCUT2D eigenvalue weighted by Gasteiger charge is -2.43. The summed E-state index contributed by atoms with van der Waals surface area (Å²) in [5.74, 6) is 0.611. The number of amides is 2. The Bertz CT molecular complexity index is 1030. The summed E-state index contributed by atoms with van der Waals surface area (Å²) in [6.45, 7) is 1.93. The molecule has 30 heavy (non-hydrogen) atoms. The fraction of sp³-hybridized carbons (Fsp3) is 0.381. The van der Waals surface area contributed by atoms with E-state index in [1.165, 1.54) is 0 Å². The molecule has 2 heterocycles. The molecule has 1 atom stereocenters. The van der Waals surface area contributed by atoms with Gasteiger partial charge >= 0.3 is 6.03 Å². The van der Waals surface area contributed by atoms with Crippen molar-refractivity contribution in [3.63, 3.8) is 0 Å². The van der Waals surface area contributed by atoms with Crippen LogP contribution in [0, 0.1) is 0 Å². The van der Waals surface area contributed by atoms with E-state index in [0.717, 1.165) is 12.0 Å². The van der Waals surface area contributed by atoms with Crippen molar-refractivity contribution in [2.24, 2.45) is 0 Å². The second-order valence-electron chi connectivity index (χ2n) is 7.40. The van der Waals surface area contributed by atoms with Crippen LogP contribution in [0.1, 0.15) is 43.5 Å². The summed E-state index contributed by atoms with van der Waals surface area (Å²) in [6.07, 6.45) is 2.17. The number of hydrogen-bond donors (Lipinski definition) is 5. The molecule has 0 radical (unpaired) electrons. The standard InChI is InChI=1S/C21H25N5O4/c1-2-30-19-17-14(25-26-19)11-16(22-15(17)12-27)23-20(28)24-18(21(29)9-6-10-21)13-7-4-3-5-8-13/h3-5,7-8,11,18,27,29H,2,6,9-10,12H2,1H3,(H,25,26)(H2,22,23,24,28). The maximum Gasteiger partial charge on any atom is 0.320 e. The number of urea groups is 1. The maximum atomic E-state index is 12.7. The van der Waals surface area contributed by atoms with Gasteiger partial charge in [0.25, 0.3) is 0 Å². The molecule has 9 nitrogen and oxygen atoms in total. The van der Waals surface area contributed by atoms with Crippen LogP contribution in [0.25, 0.3) is 10.9 Å². The van der Waals surface area contributed by atoms with E-state index in [9.17, 15) is 15.0 Å². The number of ether oxygens (including phenoxy) is 1. The van der Waals surface area contributed by atoms with Gasteiger partial charge in [-0.15, -0.1) is 5.10 Å². The Balaban J connectivity index is 1.56. The van der Waals surface area contributed by atoms with Gasteiger partial charge in [-0.1, -0.05) is 30.3 Å². The average molecular weight is 411 g/mol. The number of fused-ring (bicyclic) bond motifs is 1. The van der Waals surface area contributed by atoms with Gasteiger partial charge in [-0.05, 0) is 31.7 Å².